The molecule has 0 spiro atoms. The average molecular weight is 372 g/mol. The largest absolute Gasteiger partial charge is 0.351 e. The maximum absolute atomic E-state index is 12.4. The van der Waals surface area contributed by atoms with Crippen LogP contribution in [0.2, 0.25) is 0 Å². The minimum atomic E-state index is -0.327. The molecule has 26 heavy (non-hydrogen) atoms. The molecule has 1 aromatic heterocycles. The van der Waals surface area contributed by atoms with Gasteiger partial charge in [0.05, 0.1) is 9.88 Å². The number of urea groups is 1. The van der Waals surface area contributed by atoms with Crippen molar-refractivity contribution in [1.82, 2.24) is 10.6 Å². The number of piperidine rings is 1. The van der Waals surface area contributed by atoms with Crippen molar-refractivity contribution in [2.45, 2.75) is 19.8 Å². The zero-order chi connectivity index (χ0) is 18.4. The number of para-hydroxylation sites is 1. The number of thiophene rings is 1. The molecular formula is C19H24N4O2S. The molecule has 3 amide bonds. The number of anilines is 2. The molecule has 1 aliphatic rings. The van der Waals surface area contributed by atoms with Crippen molar-refractivity contribution in [3.05, 3.63) is 47.3 Å². The predicted molar refractivity (Wildman–Crippen MR) is 106 cm³/mol. The van der Waals surface area contributed by atoms with E-state index in [1.807, 2.05) is 30.3 Å². The minimum absolute atomic E-state index is 0.0914. The van der Waals surface area contributed by atoms with Crippen LogP contribution < -0.4 is 21.3 Å². The Labute approximate surface area is 157 Å². The fourth-order valence-corrected chi connectivity index (χ4v) is 3.73. The fourth-order valence-electron chi connectivity index (χ4n) is 2.91. The molecule has 3 rings (SSSR count). The number of hydrogen-bond donors (Lipinski definition) is 4. The molecule has 7 heteroatoms. The van der Waals surface area contributed by atoms with Gasteiger partial charge in [0.25, 0.3) is 5.91 Å². The molecule has 0 radical (unpaired) electrons. The second-order valence-corrected chi connectivity index (χ2v) is 7.94. The zero-order valence-corrected chi connectivity index (χ0v) is 15.6. The van der Waals surface area contributed by atoms with Crippen molar-refractivity contribution >= 4 is 34.0 Å². The number of hydrogen-bond acceptors (Lipinski definition) is 4. The smallest absolute Gasteiger partial charge is 0.324 e. The van der Waals surface area contributed by atoms with Crippen LogP contribution in [0.3, 0.4) is 0 Å². The Balaban J connectivity index is 1.50. The second kappa shape index (κ2) is 8.33. The average Bonchev–Trinajstić information content (AvgIpc) is 3.09. The summed E-state index contributed by atoms with van der Waals surface area (Å²) in [4.78, 5) is 25.0. The van der Waals surface area contributed by atoms with Gasteiger partial charge in [0.15, 0.2) is 0 Å². The van der Waals surface area contributed by atoms with E-state index >= 15 is 0 Å². The first-order valence-corrected chi connectivity index (χ1v) is 9.58. The summed E-state index contributed by atoms with van der Waals surface area (Å²) in [6.45, 7) is 4.87. The summed E-state index contributed by atoms with van der Waals surface area (Å²) >= 11 is 1.27. The lowest BCUT2D eigenvalue weighted by Crippen LogP contribution is -2.42. The second-order valence-electron chi connectivity index (χ2n) is 6.85. The Morgan fingerprint density at radius 3 is 2.54 bits per heavy atom. The van der Waals surface area contributed by atoms with E-state index in [4.69, 9.17) is 0 Å². The zero-order valence-electron chi connectivity index (χ0n) is 14.8. The third-order valence-corrected chi connectivity index (χ3v) is 5.58. The molecule has 6 nitrogen and oxygen atoms in total. The molecule has 2 heterocycles. The number of benzene rings is 1. The molecule has 4 N–H and O–H groups in total. The lowest BCUT2D eigenvalue weighted by Gasteiger charge is -2.34. The molecule has 138 valence electrons. The highest BCUT2D eigenvalue weighted by Gasteiger charge is 2.27. The molecule has 0 aliphatic carbocycles. The highest BCUT2D eigenvalue weighted by Crippen LogP contribution is 2.27. The van der Waals surface area contributed by atoms with Gasteiger partial charge in [0.2, 0.25) is 0 Å². The van der Waals surface area contributed by atoms with E-state index < -0.39 is 0 Å². The first-order chi connectivity index (χ1) is 12.5. The van der Waals surface area contributed by atoms with Crippen molar-refractivity contribution in [3.63, 3.8) is 0 Å². The fraction of sp³-hybridized carbons (Fsp3) is 0.368. The SMILES string of the molecule is CC1(CNC(=O)c2ccc(NC(=O)Nc3ccccc3)s2)CCNCC1. The topological polar surface area (TPSA) is 82.3 Å². The number of carbonyl (C=O) groups excluding carboxylic acids is 2. The standard InChI is InChI=1S/C19H24N4O2S/c1-19(9-11-20-12-10-19)13-21-17(24)15-7-8-16(26-15)23-18(25)22-14-5-3-2-4-6-14/h2-8,20H,9-13H2,1H3,(H,21,24)(H2,22,23,25). The van der Waals surface area contributed by atoms with Crippen molar-refractivity contribution in [2.75, 3.05) is 30.3 Å². The summed E-state index contributed by atoms with van der Waals surface area (Å²) < 4.78 is 0. The quantitative estimate of drug-likeness (QED) is 0.648. The Morgan fingerprint density at radius 1 is 1.08 bits per heavy atom. The molecule has 1 aromatic carbocycles. The normalized spacial score (nSPS) is 15.9. The molecule has 1 aliphatic heterocycles. The van der Waals surface area contributed by atoms with E-state index in [1.54, 1.807) is 12.1 Å². The van der Waals surface area contributed by atoms with Gasteiger partial charge in [0, 0.05) is 12.2 Å². The highest BCUT2D eigenvalue weighted by molar-refractivity contribution is 7.18. The Kier molecular flexibility index (Phi) is 5.90. The Bertz CT molecular complexity index is 754. The van der Waals surface area contributed by atoms with Crippen LogP contribution in [0.4, 0.5) is 15.5 Å². The van der Waals surface area contributed by atoms with E-state index in [9.17, 15) is 9.59 Å². The number of amides is 3. The molecule has 0 atom stereocenters. The maximum atomic E-state index is 12.4. The van der Waals surface area contributed by atoms with E-state index in [0.29, 0.717) is 16.4 Å². The van der Waals surface area contributed by atoms with Crippen LogP contribution in [0.5, 0.6) is 0 Å². The van der Waals surface area contributed by atoms with Crippen LogP contribution in [0, 0.1) is 5.41 Å². The van der Waals surface area contributed by atoms with Crippen LogP contribution in [-0.4, -0.2) is 31.6 Å². The first kappa shape index (κ1) is 18.4. The third-order valence-electron chi connectivity index (χ3n) is 4.58. The molecule has 0 unspecified atom stereocenters. The third kappa shape index (κ3) is 5.06. The van der Waals surface area contributed by atoms with Crippen molar-refractivity contribution < 1.29 is 9.59 Å². The summed E-state index contributed by atoms with van der Waals surface area (Å²) in [7, 11) is 0. The molecule has 1 fully saturated rings. The number of nitrogens with one attached hydrogen (secondary N) is 4. The van der Waals surface area contributed by atoms with Crippen molar-refractivity contribution in [1.29, 1.82) is 0 Å². The monoisotopic (exact) mass is 372 g/mol. The van der Waals surface area contributed by atoms with Crippen LogP contribution in [0.25, 0.3) is 0 Å². The van der Waals surface area contributed by atoms with Crippen LogP contribution in [-0.2, 0) is 0 Å². The van der Waals surface area contributed by atoms with Gasteiger partial charge in [-0.05, 0) is 55.6 Å². The van der Waals surface area contributed by atoms with Gasteiger partial charge in [-0.25, -0.2) is 4.79 Å². The molecular weight excluding hydrogens is 348 g/mol. The number of carbonyl (C=O) groups is 2. The summed E-state index contributed by atoms with van der Waals surface area (Å²) in [6, 6.07) is 12.4. The Morgan fingerprint density at radius 2 is 1.81 bits per heavy atom. The van der Waals surface area contributed by atoms with Crippen LogP contribution in [0.15, 0.2) is 42.5 Å². The van der Waals surface area contributed by atoms with Crippen molar-refractivity contribution in [2.24, 2.45) is 5.41 Å². The maximum Gasteiger partial charge on any atom is 0.324 e. The Hall–Kier alpha value is -2.38. The molecule has 1 saturated heterocycles. The van der Waals surface area contributed by atoms with E-state index in [-0.39, 0.29) is 17.4 Å². The van der Waals surface area contributed by atoms with Gasteiger partial charge in [0.1, 0.15) is 0 Å². The summed E-state index contributed by atoms with van der Waals surface area (Å²) in [5, 5.41) is 12.5. The van der Waals surface area contributed by atoms with Gasteiger partial charge in [-0.1, -0.05) is 25.1 Å². The van der Waals surface area contributed by atoms with Crippen LogP contribution >= 0.6 is 11.3 Å². The summed E-state index contributed by atoms with van der Waals surface area (Å²) in [6.07, 6.45) is 2.12. The van der Waals surface area contributed by atoms with Gasteiger partial charge >= 0.3 is 6.03 Å². The van der Waals surface area contributed by atoms with E-state index in [2.05, 4.69) is 28.2 Å². The van der Waals surface area contributed by atoms with Gasteiger partial charge in [-0.15, -0.1) is 11.3 Å². The number of rotatable bonds is 5. The van der Waals surface area contributed by atoms with E-state index in [1.165, 1.54) is 11.3 Å². The molecule has 2 aromatic rings. The predicted octanol–water partition coefficient (Wildman–Crippen LogP) is 3.51. The van der Waals surface area contributed by atoms with Gasteiger partial charge in [-0.2, -0.15) is 0 Å². The lowest BCUT2D eigenvalue weighted by atomic mass is 9.81. The minimum Gasteiger partial charge on any atom is -0.351 e. The summed E-state index contributed by atoms with van der Waals surface area (Å²) in [5.74, 6) is -0.0914. The summed E-state index contributed by atoms with van der Waals surface area (Å²) in [5.41, 5.74) is 0.865. The van der Waals surface area contributed by atoms with Crippen LogP contribution in [0.1, 0.15) is 29.4 Å². The molecule has 0 saturated carbocycles. The molecule has 0 bridgehead atoms. The lowest BCUT2D eigenvalue weighted by molar-refractivity contribution is 0.0926. The van der Waals surface area contributed by atoms with E-state index in [0.717, 1.165) is 31.6 Å². The van der Waals surface area contributed by atoms with Gasteiger partial charge in [-0.3, -0.25) is 10.1 Å². The first-order valence-electron chi connectivity index (χ1n) is 8.76. The highest BCUT2D eigenvalue weighted by atomic mass is 32.1. The van der Waals surface area contributed by atoms with Crippen molar-refractivity contribution in [3.8, 4) is 0 Å². The van der Waals surface area contributed by atoms with Gasteiger partial charge < -0.3 is 16.0 Å².